The summed E-state index contributed by atoms with van der Waals surface area (Å²) in [5.74, 6) is -1.58. The highest BCUT2D eigenvalue weighted by atomic mass is 16.4. The zero-order chi connectivity index (χ0) is 12.4. The number of benzene rings is 1. The number of para-hydroxylation sites is 1. The Bertz CT molecular complexity index is 430. The highest BCUT2D eigenvalue weighted by molar-refractivity contribution is 6.00. The Balaban J connectivity index is 2.34. The number of carboxylic acid groups (broad SMARTS) is 1. The SMILES string of the molecule is CC[C@H]1[C@@H](C(=O)O)CC(=O)N1c1ccccc1. The maximum atomic E-state index is 11.9. The van der Waals surface area contributed by atoms with Gasteiger partial charge in [0.15, 0.2) is 0 Å². The molecule has 1 heterocycles. The minimum atomic E-state index is -0.886. The van der Waals surface area contributed by atoms with E-state index in [9.17, 15) is 9.59 Å². The highest BCUT2D eigenvalue weighted by Gasteiger charge is 2.43. The van der Waals surface area contributed by atoms with Gasteiger partial charge in [-0.05, 0) is 18.6 Å². The lowest BCUT2D eigenvalue weighted by Crippen LogP contribution is -2.36. The van der Waals surface area contributed by atoms with Crippen LogP contribution < -0.4 is 4.90 Å². The molecule has 0 unspecified atom stereocenters. The standard InChI is InChI=1S/C13H15NO3/c1-2-11-10(13(16)17)8-12(15)14(11)9-6-4-3-5-7-9/h3-7,10-11H,2,8H2,1H3,(H,16,17)/t10-,11-/m0/s1. The molecule has 1 saturated heterocycles. The third kappa shape index (κ3) is 2.02. The molecule has 90 valence electrons. The first kappa shape index (κ1) is 11.6. The number of anilines is 1. The fourth-order valence-electron chi connectivity index (χ4n) is 2.43. The molecular weight excluding hydrogens is 218 g/mol. The van der Waals surface area contributed by atoms with Crippen molar-refractivity contribution in [2.75, 3.05) is 4.90 Å². The molecule has 2 atom stereocenters. The van der Waals surface area contributed by atoms with E-state index in [0.717, 1.165) is 5.69 Å². The zero-order valence-corrected chi connectivity index (χ0v) is 9.67. The number of aliphatic carboxylic acids is 1. The Morgan fingerprint density at radius 1 is 1.41 bits per heavy atom. The number of carboxylic acids is 1. The number of amides is 1. The van der Waals surface area contributed by atoms with Crippen LogP contribution >= 0.6 is 0 Å². The summed E-state index contributed by atoms with van der Waals surface area (Å²) in [6.07, 6.45) is 0.750. The third-order valence-corrected chi connectivity index (χ3v) is 3.23. The van der Waals surface area contributed by atoms with Crippen LogP contribution in [0.4, 0.5) is 5.69 Å². The van der Waals surface area contributed by atoms with Gasteiger partial charge < -0.3 is 10.0 Å². The molecule has 0 spiro atoms. The number of carbonyl (C=O) groups excluding carboxylic acids is 1. The van der Waals surface area contributed by atoms with Crippen molar-refractivity contribution in [1.29, 1.82) is 0 Å². The molecule has 0 saturated carbocycles. The number of nitrogens with zero attached hydrogens (tertiary/aromatic N) is 1. The molecule has 1 aromatic rings. The first-order chi connectivity index (χ1) is 8.15. The van der Waals surface area contributed by atoms with Gasteiger partial charge in [-0.1, -0.05) is 25.1 Å². The smallest absolute Gasteiger partial charge is 0.309 e. The predicted octanol–water partition coefficient (Wildman–Crippen LogP) is 1.90. The molecule has 2 rings (SSSR count). The van der Waals surface area contributed by atoms with Crippen LogP contribution in [0.3, 0.4) is 0 Å². The molecule has 0 radical (unpaired) electrons. The second kappa shape index (κ2) is 4.57. The number of rotatable bonds is 3. The fraction of sp³-hybridized carbons (Fsp3) is 0.385. The van der Waals surface area contributed by atoms with Crippen molar-refractivity contribution in [3.8, 4) is 0 Å². The molecule has 1 aromatic carbocycles. The van der Waals surface area contributed by atoms with E-state index in [4.69, 9.17) is 5.11 Å². The van der Waals surface area contributed by atoms with Crippen LogP contribution in [0.15, 0.2) is 30.3 Å². The summed E-state index contributed by atoms with van der Waals surface area (Å²) >= 11 is 0. The monoisotopic (exact) mass is 233 g/mol. The van der Waals surface area contributed by atoms with E-state index in [1.807, 2.05) is 37.3 Å². The molecule has 0 bridgehead atoms. The normalized spacial score (nSPS) is 24.1. The minimum Gasteiger partial charge on any atom is -0.481 e. The van der Waals surface area contributed by atoms with Gasteiger partial charge in [0.1, 0.15) is 0 Å². The highest BCUT2D eigenvalue weighted by Crippen LogP contribution is 2.32. The lowest BCUT2D eigenvalue weighted by molar-refractivity contribution is -0.142. The average molecular weight is 233 g/mol. The number of hydrogen-bond acceptors (Lipinski definition) is 2. The first-order valence-electron chi connectivity index (χ1n) is 5.75. The van der Waals surface area contributed by atoms with Crippen molar-refractivity contribution in [3.63, 3.8) is 0 Å². The van der Waals surface area contributed by atoms with Gasteiger partial charge in [-0.2, -0.15) is 0 Å². The molecule has 0 aromatic heterocycles. The first-order valence-corrected chi connectivity index (χ1v) is 5.75. The molecule has 1 N–H and O–H groups in total. The Morgan fingerprint density at radius 2 is 2.06 bits per heavy atom. The summed E-state index contributed by atoms with van der Waals surface area (Å²) in [6, 6.07) is 9.02. The average Bonchev–Trinajstić information content (AvgIpc) is 2.67. The predicted molar refractivity (Wildman–Crippen MR) is 63.7 cm³/mol. The lowest BCUT2D eigenvalue weighted by atomic mass is 9.98. The molecule has 0 aliphatic carbocycles. The van der Waals surface area contributed by atoms with E-state index in [1.54, 1.807) is 4.90 Å². The van der Waals surface area contributed by atoms with E-state index < -0.39 is 11.9 Å². The van der Waals surface area contributed by atoms with Gasteiger partial charge >= 0.3 is 5.97 Å². The topological polar surface area (TPSA) is 57.6 Å². The molecule has 17 heavy (non-hydrogen) atoms. The van der Waals surface area contributed by atoms with E-state index in [-0.39, 0.29) is 18.4 Å². The maximum absolute atomic E-state index is 11.9. The molecule has 1 aliphatic heterocycles. The molecule has 4 heteroatoms. The van der Waals surface area contributed by atoms with Crippen LogP contribution in [0.5, 0.6) is 0 Å². The summed E-state index contributed by atoms with van der Waals surface area (Å²) in [6.45, 7) is 1.91. The zero-order valence-electron chi connectivity index (χ0n) is 9.67. The fourth-order valence-corrected chi connectivity index (χ4v) is 2.43. The van der Waals surface area contributed by atoms with Crippen molar-refractivity contribution in [2.45, 2.75) is 25.8 Å². The summed E-state index contributed by atoms with van der Waals surface area (Å²) in [5.41, 5.74) is 0.785. The van der Waals surface area contributed by atoms with E-state index >= 15 is 0 Å². The van der Waals surface area contributed by atoms with E-state index in [0.29, 0.717) is 6.42 Å². The van der Waals surface area contributed by atoms with Crippen molar-refractivity contribution < 1.29 is 14.7 Å². The third-order valence-electron chi connectivity index (χ3n) is 3.23. The molecule has 1 aliphatic rings. The van der Waals surface area contributed by atoms with Gasteiger partial charge in [0.05, 0.1) is 12.0 Å². The molecular formula is C13H15NO3. The van der Waals surface area contributed by atoms with Crippen molar-refractivity contribution in [3.05, 3.63) is 30.3 Å². The maximum Gasteiger partial charge on any atom is 0.309 e. The second-order valence-corrected chi connectivity index (χ2v) is 4.22. The largest absolute Gasteiger partial charge is 0.481 e. The van der Waals surface area contributed by atoms with E-state index in [1.165, 1.54) is 0 Å². The van der Waals surface area contributed by atoms with Crippen LogP contribution in [-0.2, 0) is 9.59 Å². The molecule has 1 amide bonds. The van der Waals surface area contributed by atoms with Crippen molar-refractivity contribution >= 4 is 17.6 Å². The van der Waals surface area contributed by atoms with Crippen LogP contribution in [0.25, 0.3) is 0 Å². The van der Waals surface area contributed by atoms with Crippen LogP contribution in [-0.4, -0.2) is 23.0 Å². The number of carbonyl (C=O) groups is 2. The minimum absolute atomic E-state index is 0.0999. The van der Waals surface area contributed by atoms with Gasteiger partial charge in [-0.3, -0.25) is 9.59 Å². The molecule has 1 fully saturated rings. The summed E-state index contributed by atoms with van der Waals surface area (Å²) in [7, 11) is 0. The Kier molecular flexibility index (Phi) is 3.13. The lowest BCUT2D eigenvalue weighted by Gasteiger charge is -2.25. The van der Waals surface area contributed by atoms with E-state index in [2.05, 4.69) is 0 Å². The van der Waals surface area contributed by atoms with Crippen molar-refractivity contribution in [1.82, 2.24) is 0 Å². The Labute approximate surface area is 99.9 Å². The van der Waals surface area contributed by atoms with Crippen LogP contribution in [0.2, 0.25) is 0 Å². The van der Waals surface area contributed by atoms with Crippen LogP contribution in [0, 0.1) is 5.92 Å². The quantitative estimate of drug-likeness (QED) is 0.867. The van der Waals surface area contributed by atoms with Gasteiger partial charge in [-0.15, -0.1) is 0 Å². The van der Waals surface area contributed by atoms with Crippen LogP contribution in [0.1, 0.15) is 19.8 Å². The second-order valence-electron chi connectivity index (χ2n) is 4.22. The van der Waals surface area contributed by atoms with Gasteiger partial charge in [0.2, 0.25) is 5.91 Å². The van der Waals surface area contributed by atoms with Gasteiger partial charge in [0, 0.05) is 12.1 Å². The summed E-state index contributed by atoms with van der Waals surface area (Å²) in [4.78, 5) is 24.7. The van der Waals surface area contributed by atoms with Crippen molar-refractivity contribution in [2.24, 2.45) is 5.92 Å². The molecule has 4 nitrogen and oxygen atoms in total. The Hall–Kier alpha value is -1.84. The Morgan fingerprint density at radius 3 is 2.59 bits per heavy atom. The summed E-state index contributed by atoms with van der Waals surface area (Å²) < 4.78 is 0. The van der Waals surface area contributed by atoms with Gasteiger partial charge in [-0.25, -0.2) is 0 Å². The number of hydrogen-bond donors (Lipinski definition) is 1. The summed E-state index contributed by atoms with van der Waals surface area (Å²) in [5, 5.41) is 9.12. The van der Waals surface area contributed by atoms with Gasteiger partial charge in [0.25, 0.3) is 0 Å².